The van der Waals surface area contributed by atoms with Gasteiger partial charge >= 0.3 is 5.97 Å². The Morgan fingerprint density at radius 1 is 1.33 bits per heavy atom. The molecule has 0 radical (unpaired) electrons. The number of nitrogens with zero attached hydrogens (tertiary/aromatic N) is 1. The number of carbonyl (C=O) groups excluding carboxylic acids is 1. The second kappa shape index (κ2) is 6.45. The van der Waals surface area contributed by atoms with E-state index in [1.54, 1.807) is 0 Å². The van der Waals surface area contributed by atoms with Crippen LogP contribution in [-0.2, 0) is 9.53 Å². The van der Waals surface area contributed by atoms with Crippen LogP contribution in [0.5, 0.6) is 0 Å². The highest BCUT2D eigenvalue weighted by atomic mass is 35.5. The number of anilines is 1. The zero-order chi connectivity index (χ0) is 13.9. The summed E-state index contributed by atoms with van der Waals surface area (Å²) in [6.45, 7) is 3.75. The number of methoxy groups -OCH3 is 1. The van der Waals surface area contributed by atoms with Gasteiger partial charge in [-0.25, -0.2) is 9.78 Å². The lowest BCUT2D eigenvalue weighted by molar-refractivity contribution is -0.142. The molecule has 1 aromatic rings. The third-order valence-corrected chi connectivity index (χ3v) is 3.26. The molecule has 0 spiro atoms. The predicted octanol–water partition coefficient (Wildman–Crippen LogP) is 3.65. The maximum Gasteiger partial charge on any atom is 0.328 e. The van der Waals surface area contributed by atoms with E-state index in [4.69, 9.17) is 39.5 Å². The van der Waals surface area contributed by atoms with Crippen molar-refractivity contribution in [3.63, 3.8) is 0 Å². The van der Waals surface area contributed by atoms with Gasteiger partial charge in [-0.3, -0.25) is 0 Å². The average Bonchev–Trinajstić information content (AvgIpc) is 2.30. The molecule has 1 atom stereocenters. The normalized spacial score (nSPS) is 12.4. The van der Waals surface area contributed by atoms with Gasteiger partial charge in [0, 0.05) is 0 Å². The molecule has 0 aliphatic rings. The van der Waals surface area contributed by atoms with Gasteiger partial charge in [0.1, 0.15) is 17.0 Å². The molecule has 0 aromatic carbocycles. The number of pyridine rings is 1. The summed E-state index contributed by atoms with van der Waals surface area (Å²) in [5, 5.41) is 3.57. The lowest BCUT2D eigenvalue weighted by Crippen LogP contribution is -2.35. The standard InChI is InChI=1S/C11H13Cl3N2O2/c1-5(2)8(11(17)18-3)15-10-7(13)4-6(12)9(14)16-10/h4-5,8H,1-3H3,(H,15,16). The number of carbonyl (C=O) groups is 1. The third kappa shape index (κ3) is 3.64. The number of hydrogen-bond donors (Lipinski definition) is 1. The van der Waals surface area contributed by atoms with Crippen molar-refractivity contribution >= 4 is 46.6 Å². The van der Waals surface area contributed by atoms with E-state index < -0.39 is 12.0 Å². The largest absolute Gasteiger partial charge is 0.467 e. The molecule has 1 N–H and O–H groups in total. The minimum atomic E-state index is -0.558. The van der Waals surface area contributed by atoms with Crippen LogP contribution in [0.1, 0.15) is 13.8 Å². The van der Waals surface area contributed by atoms with Crippen molar-refractivity contribution in [1.82, 2.24) is 4.98 Å². The number of halogens is 3. The summed E-state index contributed by atoms with van der Waals surface area (Å²) < 4.78 is 4.71. The maximum atomic E-state index is 11.6. The highest BCUT2D eigenvalue weighted by Crippen LogP contribution is 2.29. The quantitative estimate of drug-likeness (QED) is 0.681. The average molecular weight is 312 g/mol. The van der Waals surface area contributed by atoms with Crippen molar-refractivity contribution in [2.75, 3.05) is 12.4 Å². The van der Waals surface area contributed by atoms with Crippen molar-refractivity contribution in [3.05, 3.63) is 21.3 Å². The Kier molecular flexibility index (Phi) is 5.50. The van der Waals surface area contributed by atoms with E-state index in [1.165, 1.54) is 13.2 Å². The molecular formula is C11H13Cl3N2O2. The molecule has 0 bridgehead atoms. The molecule has 0 aliphatic heterocycles. The number of ether oxygens (including phenoxy) is 1. The maximum absolute atomic E-state index is 11.6. The van der Waals surface area contributed by atoms with Crippen LogP contribution in [-0.4, -0.2) is 24.1 Å². The smallest absolute Gasteiger partial charge is 0.328 e. The summed E-state index contributed by atoms with van der Waals surface area (Å²) in [5.41, 5.74) is 0. The van der Waals surface area contributed by atoms with Gasteiger partial charge in [0.15, 0.2) is 0 Å². The van der Waals surface area contributed by atoms with Gasteiger partial charge in [-0.2, -0.15) is 0 Å². The number of hydrogen-bond acceptors (Lipinski definition) is 4. The molecule has 1 rings (SSSR count). The van der Waals surface area contributed by atoms with E-state index in [2.05, 4.69) is 10.3 Å². The highest BCUT2D eigenvalue weighted by molar-refractivity contribution is 6.42. The zero-order valence-corrected chi connectivity index (χ0v) is 12.4. The SMILES string of the molecule is COC(=O)C(Nc1nc(Cl)c(Cl)cc1Cl)C(C)C. The zero-order valence-electron chi connectivity index (χ0n) is 10.1. The summed E-state index contributed by atoms with van der Waals surface area (Å²) in [7, 11) is 1.32. The summed E-state index contributed by atoms with van der Waals surface area (Å²) in [6, 6.07) is 0.910. The first-order chi connectivity index (χ1) is 8.36. The molecule has 0 amide bonds. The van der Waals surface area contributed by atoms with Crippen LogP contribution in [0.15, 0.2) is 6.07 Å². The van der Waals surface area contributed by atoms with Crippen LogP contribution in [0, 0.1) is 5.92 Å². The summed E-state index contributed by atoms with van der Waals surface area (Å²) >= 11 is 17.6. The molecule has 1 heterocycles. The third-order valence-electron chi connectivity index (χ3n) is 2.30. The molecule has 18 heavy (non-hydrogen) atoms. The fraction of sp³-hybridized carbons (Fsp3) is 0.455. The highest BCUT2D eigenvalue weighted by Gasteiger charge is 2.24. The molecule has 1 unspecified atom stereocenters. The Balaban J connectivity index is 3.01. The number of nitrogens with one attached hydrogen (secondary N) is 1. The van der Waals surface area contributed by atoms with Gasteiger partial charge in [-0.15, -0.1) is 0 Å². The van der Waals surface area contributed by atoms with E-state index >= 15 is 0 Å². The monoisotopic (exact) mass is 310 g/mol. The second-order valence-corrected chi connectivity index (χ2v) is 5.15. The predicted molar refractivity (Wildman–Crippen MR) is 73.5 cm³/mol. The fourth-order valence-corrected chi connectivity index (χ4v) is 1.87. The molecule has 1 aromatic heterocycles. The molecule has 4 nitrogen and oxygen atoms in total. The minimum absolute atomic E-state index is 0.00442. The van der Waals surface area contributed by atoms with Crippen molar-refractivity contribution in [3.8, 4) is 0 Å². The lowest BCUT2D eigenvalue weighted by atomic mass is 10.0. The molecular weight excluding hydrogens is 298 g/mol. The first-order valence-corrected chi connectivity index (χ1v) is 6.36. The summed E-state index contributed by atoms with van der Waals surface area (Å²) in [4.78, 5) is 15.6. The number of rotatable bonds is 4. The van der Waals surface area contributed by atoms with E-state index in [9.17, 15) is 4.79 Å². The van der Waals surface area contributed by atoms with Crippen molar-refractivity contribution < 1.29 is 9.53 Å². The fourth-order valence-electron chi connectivity index (χ4n) is 1.32. The molecule has 0 saturated carbocycles. The Morgan fingerprint density at radius 3 is 2.44 bits per heavy atom. The van der Waals surface area contributed by atoms with E-state index in [1.807, 2.05) is 13.8 Å². The van der Waals surface area contributed by atoms with Gasteiger partial charge in [0.05, 0.1) is 17.2 Å². The van der Waals surface area contributed by atoms with Gasteiger partial charge in [0.2, 0.25) is 0 Å². The van der Waals surface area contributed by atoms with Crippen molar-refractivity contribution in [2.45, 2.75) is 19.9 Å². The van der Waals surface area contributed by atoms with Crippen LogP contribution in [0.4, 0.5) is 5.82 Å². The van der Waals surface area contributed by atoms with Gasteiger partial charge < -0.3 is 10.1 Å². The molecule has 7 heteroatoms. The Hall–Kier alpha value is -0.710. The lowest BCUT2D eigenvalue weighted by Gasteiger charge is -2.21. The summed E-state index contributed by atoms with van der Waals surface area (Å²) in [6.07, 6.45) is 0. The first kappa shape index (κ1) is 15.3. The molecule has 0 saturated heterocycles. The van der Waals surface area contributed by atoms with Crippen LogP contribution in [0.3, 0.4) is 0 Å². The van der Waals surface area contributed by atoms with Crippen LogP contribution >= 0.6 is 34.8 Å². The van der Waals surface area contributed by atoms with Crippen LogP contribution < -0.4 is 5.32 Å². The Bertz CT molecular complexity index is 452. The van der Waals surface area contributed by atoms with Gasteiger partial charge in [0.25, 0.3) is 0 Å². The summed E-state index contributed by atoms with van der Waals surface area (Å²) in [5.74, 6) is -0.0890. The van der Waals surface area contributed by atoms with Crippen LogP contribution in [0.2, 0.25) is 15.2 Å². The van der Waals surface area contributed by atoms with E-state index in [0.29, 0.717) is 10.8 Å². The Morgan fingerprint density at radius 2 is 1.94 bits per heavy atom. The molecule has 0 fully saturated rings. The first-order valence-electron chi connectivity index (χ1n) is 5.22. The van der Waals surface area contributed by atoms with Gasteiger partial charge in [-0.05, 0) is 12.0 Å². The van der Waals surface area contributed by atoms with Crippen LogP contribution in [0.25, 0.3) is 0 Å². The number of esters is 1. The number of aromatic nitrogens is 1. The molecule has 0 aliphatic carbocycles. The van der Waals surface area contributed by atoms with Crippen molar-refractivity contribution in [1.29, 1.82) is 0 Å². The minimum Gasteiger partial charge on any atom is -0.467 e. The van der Waals surface area contributed by atoms with Crippen molar-refractivity contribution in [2.24, 2.45) is 5.92 Å². The van der Waals surface area contributed by atoms with E-state index in [-0.39, 0.29) is 16.1 Å². The topological polar surface area (TPSA) is 51.2 Å². The second-order valence-electron chi connectivity index (χ2n) is 3.98. The molecule has 100 valence electrons. The van der Waals surface area contributed by atoms with E-state index in [0.717, 1.165) is 0 Å². The Labute approximate surface area is 121 Å². The van der Waals surface area contributed by atoms with Gasteiger partial charge in [-0.1, -0.05) is 48.7 Å².